The molecule has 0 N–H and O–H groups in total. The van der Waals surface area contributed by atoms with E-state index in [0.29, 0.717) is 0 Å². The Bertz CT molecular complexity index is 310. The molecule has 3 rings (SSSR count). The van der Waals surface area contributed by atoms with Gasteiger partial charge in [-0.15, -0.1) is 0 Å². The van der Waals surface area contributed by atoms with Gasteiger partial charge in [0.15, 0.2) is 0 Å². The Kier molecular flexibility index (Phi) is 6.73. The Balaban J connectivity index is 1.83. The van der Waals surface area contributed by atoms with E-state index in [1.54, 1.807) is 83.2 Å². The van der Waals surface area contributed by atoms with E-state index >= 15 is 0 Å². The molecule has 0 saturated heterocycles. The van der Waals surface area contributed by atoms with Crippen LogP contribution in [0.2, 0.25) is 0 Å². The van der Waals surface area contributed by atoms with Crippen LogP contribution in [0.1, 0.15) is 105 Å². The molecule has 1 heteroatoms. The van der Waals surface area contributed by atoms with Gasteiger partial charge >= 0.3 is 153 Å². The second kappa shape index (κ2) is 8.41. The normalized spacial score (nSPS) is 42.7. The topological polar surface area (TPSA) is 0 Å². The van der Waals surface area contributed by atoms with Crippen LogP contribution in [0.25, 0.3) is 0 Å². The van der Waals surface area contributed by atoms with Crippen molar-refractivity contribution in [3.63, 3.8) is 0 Å². The van der Waals surface area contributed by atoms with Gasteiger partial charge in [0.1, 0.15) is 0 Å². The molecule has 24 heavy (non-hydrogen) atoms. The van der Waals surface area contributed by atoms with E-state index in [0.717, 1.165) is 17.8 Å². The molecule has 0 heterocycles. The molecule has 0 unspecified atom stereocenters. The molecule has 0 amide bonds. The summed E-state index contributed by atoms with van der Waals surface area (Å²) in [6.45, 7) is 10.2. The molecule has 0 radical (unpaired) electrons. The average Bonchev–Trinajstić information content (AvgIpc) is 2.60. The van der Waals surface area contributed by atoms with Crippen LogP contribution >= 0.6 is 7.26 Å². The van der Waals surface area contributed by atoms with Crippen molar-refractivity contribution in [1.82, 2.24) is 0 Å². The molecule has 0 spiro atoms. The summed E-state index contributed by atoms with van der Waals surface area (Å²) in [6, 6.07) is 0. The van der Waals surface area contributed by atoms with Gasteiger partial charge in [0, 0.05) is 0 Å². The van der Waals surface area contributed by atoms with E-state index in [-0.39, 0.29) is 0 Å². The second-order valence-corrected chi connectivity index (χ2v) is 15.7. The van der Waals surface area contributed by atoms with Crippen LogP contribution in [0, 0.1) is 17.8 Å². The first-order chi connectivity index (χ1) is 11.6. The minimum absolute atomic E-state index is 1.02. The Labute approximate surface area is 153 Å². The van der Waals surface area contributed by atoms with Crippen LogP contribution in [-0.2, 0) is 0 Å². The van der Waals surface area contributed by atoms with Crippen molar-refractivity contribution in [2.75, 3.05) is 6.16 Å². The van der Waals surface area contributed by atoms with E-state index in [1.165, 1.54) is 17.0 Å². The first-order valence-electron chi connectivity index (χ1n) is 11.6. The Morgan fingerprint density at radius 1 is 0.500 bits per heavy atom. The molecular weight excluding hydrogens is 307 g/mol. The maximum atomic E-state index is 2.64. The first kappa shape index (κ1) is 19.2. The fourth-order valence-corrected chi connectivity index (χ4v) is 15.2. The fraction of sp³-hybridized carbons (Fsp3) is 1.00. The van der Waals surface area contributed by atoms with Crippen LogP contribution in [-0.4, -0.2) is 23.1 Å². The van der Waals surface area contributed by atoms with Crippen molar-refractivity contribution >= 4 is 7.26 Å². The van der Waals surface area contributed by atoms with Crippen LogP contribution in [0.3, 0.4) is 0 Å². The van der Waals surface area contributed by atoms with Crippen molar-refractivity contribution in [2.24, 2.45) is 17.8 Å². The van der Waals surface area contributed by atoms with E-state index in [9.17, 15) is 0 Å². The van der Waals surface area contributed by atoms with E-state index in [4.69, 9.17) is 0 Å². The minimum atomic E-state index is -1.16. The quantitative estimate of drug-likeness (QED) is 0.460. The maximum absolute atomic E-state index is 2.64. The van der Waals surface area contributed by atoms with Gasteiger partial charge in [-0.2, -0.15) is 0 Å². The summed E-state index contributed by atoms with van der Waals surface area (Å²) in [7, 11) is -1.16. The summed E-state index contributed by atoms with van der Waals surface area (Å²) in [5, 5.41) is 0. The molecule has 3 aliphatic rings. The zero-order valence-electron chi connectivity index (χ0n) is 17.2. The number of hydrogen-bond donors (Lipinski definition) is 0. The van der Waals surface area contributed by atoms with Gasteiger partial charge in [-0.1, -0.05) is 0 Å². The Hall–Kier alpha value is 0.430. The molecular formula is C23H45P. The summed E-state index contributed by atoms with van der Waals surface area (Å²) in [5.74, 6) is 3.05. The summed E-state index contributed by atoms with van der Waals surface area (Å²) in [6.07, 6.45) is 20.6. The van der Waals surface area contributed by atoms with Gasteiger partial charge in [-0.3, -0.25) is 0 Å². The molecule has 0 nitrogen and oxygen atoms in total. The number of rotatable bonds is 4. The molecule has 0 aliphatic heterocycles. The Morgan fingerprint density at radius 2 is 0.750 bits per heavy atom. The fourth-order valence-electron chi connectivity index (χ4n) is 7.26. The van der Waals surface area contributed by atoms with E-state index in [2.05, 4.69) is 27.7 Å². The van der Waals surface area contributed by atoms with Crippen molar-refractivity contribution in [2.45, 2.75) is 122 Å². The van der Waals surface area contributed by atoms with Gasteiger partial charge in [0.2, 0.25) is 0 Å². The zero-order chi connectivity index (χ0) is 17.2. The third-order valence-electron chi connectivity index (χ3n) is 8.94. The molecule has 3 fully saturated rings. The van der Waals surface area contributed by atoms with Gasteiger partial charge < -0.3 is 0 Å². The molecule has 0 aromatic carbocycles. The molecule has 3 aliphatic carbocycles. The molecule has 0 atom stereocenters. The van der Waals surface area contributed by atoms with Crippen LogP contribution in [0.5, 0.6) is 0 Å². The standard InChI is InChI=1S/C23H45P/c1-5-24(21-12-6-18(2)7-13-21,22-14-8-19(3)9-15-22)23-16-10-20(4)11-17-23/h18-24H,5-17H2,1-4H3. The molecule has 142 valence electrons. The SMILES string of the molecule is CC[PH](C1CCC(C)CC1)(C1CCC(C)CC1)C1CCC(C)CC1. The summed E-state index contributed by atoms with van der Waals surface area (Å²) < 4.78 is 0. The van der Waals surface area contributed by atoms with Gasteiger partial charge in [0.05, 0.1) is 0 Å². The summed E-state index contributed by atoms with van der Waals surface area (Å²) in [5.41, 5.74) is 3.57. The molecule has 0 aromatic rings. The van der Waals surface area contributed by atoms with Gasteiger partial charge in [0.25, 0.3) is 0 Å². The van der Waals surface area contributed by atoms with Crippen LogP contribution < -0.4 is 0 Å². The third-order valence-corrected chi connectivity index (χ3v) is 16.5. The van der Waals surface area contributed by atoms with Crippen molar-refractivity contribution < 1.29 is 0 Å². The van der Waals surface area contributed by atoms with E-state index in [1.807, 2.05) is 0 Å². The second-order valence-electron chi connectivity index (χ2n) is 10.3. The number of hydrogen-bond acceptors (Lipinski definition) is 0. The van der Waals surface area contributed by atoms with Crippen molar-refractivity contribution in [1.29, 1.82) is 0 Å². The van der Waals surface area contributed by atoms with E-state index < -0.39 is 7.26 Å². The average molecular weight is 353 g/mol. The van der Waals surface area contributed by atoms with Crippen LogP contribution in [0.4, 0.5) is 0 Å². The zero-order valence-corrected chi connectivity index (χ0v) is 18.2. The van der Waals surface area contributed by atoms with Crippen molar-refractivity contribution in [3.8, 4) is 0 Å². The molecule has 0 bridgehead atoms. The Morgan fingerprint density at radius 3 is 0.958 bits per heavy atom. The molecule has 3 saturated carbocycles. The third kappa shape index (κ3) is 3.89. The van der Waals surface area contributed by atoms with Crippen molar-refractivity contribution in [3.05, 3.63) is 0 Å². The first-order valence-corrected chi connectivity index (χ1v) is 14.0. The summed E-state index contributed by atoms with van der Waals surface area (Å²) >= 11 is 0. The van der Waals surface area contributed by atoms with Gasteiger partial charge in [-0.25, -0.2) is 0 Å². The van der Waals surface area contributed by atoms with Gasteiger partial charge in [-0.05, 0) is 0 Å². The predicted octanol–water partition coefficient (Wildman–Crippen LogP) is 7.49. The monoisotopic (exact) mass is 352 g/mol. The van der Waals surface area contributed by atoms with Crippen LogP contribution in [0.15, 0.2) is 0 Å². The summed E-state index contributed by atoms with van der Waals surface area (Å²) in [4.78, 5) is 0. The molecule has 0 aromatic heterocycles. The predicted molar refractivity (Wildman–Crippen MR) is 113 cm³/mol.